The number of hydrogen-bond donors (Lipinski definition) is 3. The summed E-state index contributed by atoms with van der Waals surface area (Å²) in [4.78, 5) is 51.9. The number of amides is 3. The molecule has 1 saturated heterocycles. The molecule has 1 saturated carbocycles. The van der Waals surface area contributed by atoms with E-state index in [1.54, 1.807) is 4.90 Å². The van der Waals surface area contributed by atoms with Crippen molar-refractivity contribution in [3.05, 3.63) is 0 Å². The normalized spacial score (nSPS) is 24.3. The Morgan fingerprint density at radius 2 is 1.70 bits per heavy atom. The van der Waals surface area contributed by atoms with Crippen LogP contribution in [0.5, 0.6) is 0 Å². The van der Waals surface area contributed by atoms with Crippen LogP contribution in [0, 0.1) is 23.2 Å². The van der Waals surface area contributed by atoms with Crippen molar-refractivity contribution in [1.82, 2.24) is 10.2 Å². The van der Waals surface area contributed by atoms with Gasteiger partial charge in [-0.25, -0.2) is 0 Å². The van der Waals surface area contributed by atoms with E-state index in [1.165, 1.54) is 0 Å². The van der Waals surface area contributed by atoms with Gasteiger partial charge in [-0.3, -0.25) is 19.2 Å². The third-order valence-corrected chi connectivity index (χ3v) is 6.72. The Balaban J connectivity index is 2.24. The highest BCUT2D eigenvalue weighted by atomic mass is 16.2. The highest BCUT2D eigenvalue weighted by molar-refractivity contribution is 6.37. The fourth-order valence-corrected chi connectivity index (χ4v) is 4.37. The highest BCUT2D eigenvalue weighted by Crippen LogP contribution is 2.34. The molecule has 4 atom stereocenters. The smallest absolute Gasteiger partial charge is 0.287 e. The van der Waals surface area contributed by atoms with Crippen LogP contribution in [-0.2, 0) is 19.2 Å². The Morgan fingerprint density at radius 1 is 1.10 bits per heavy atom. The minimum absolute atomic E-state index is 0.0471. The lowest BCUT2D eigenvalue weighted by molar-refractivity contribution is -0.144. The molecule has 0 aromatic heterocycles. The lowest BCUT2D eigenvalue weighted by Crippen LogP contribution is -2.58. The van der Waals surface area contributed by atoms with Crippen molar-refractivity contribution < 1.29 is 19.2 Å². The summed E-state index contributed by atoms with van der Waals surface area (Å²) in [6.45, 7) is 10.1. The fraction of sp³-hybridized carbons (Fsp3) is 0.818. The molecular weight excluding hydrogens is 384 g/mol. The number of carbonyl (C=O) groups is 4. The van der Waals surface area contributed by atoms with Crippen LogP contribution in [0.1, 0.15) is 66.7 Å². The molecule has 8 heteroatoms. The molecule has 2 fully saturated rings. The molecule has 3 amide bonds. The van der Waals surface area contributed by atoms with Gasteiger partial charge in [-0.2, -0.15) is 0 Å². The zero-order valence-electron chi connectivity index (χ0n) is 18.9. The summed E-state index contributed by atoms with van der Waals surface area (Å²) in [6, 6.07) is -2.39. The number of carbonyl (C=O) groups excluding carboxylic acids is 4. The topological polar surface area (TPSA) is 136 Å². The molecule has 170 valence electrons. The molecule has 1 unspecified atom stereocenters. The van der Waals surface area contributed by atoms with Crippen molar-refractivity contribution in [2.75, 3.05) is 6.54 Å². The lowest BCUT2D eigenvalue weighted by atomic mass is 9.80. The Morgan fingerprint density at radius 3 is 2.13 bits per heavy atom. The van der Waals surface area contributed by atoms with Gasteiger partial charge in [-0.15, -0.1) is 0 Å². The standard InChI is InChI=1S/C22H38N4O4/c1-12(2)14-9-10-26(21(30)18(23)22(3,4)5)16(14)20(29)25-15(17(27)19(24)28)11-13-7-6-8-13/h12-16,18H,6-11,23H2,1-5H3,(H2,24,28)(H,25,29)/t14-,15?,16+,18-/m1/s1. The van der Waals surface area contributed by atoms with E-state index in [-0.39, 0.29) is 17.7 Å². The Labute approximate surface area is 179 Å². The first kappa shape index (κ1) is 24.3. The molecule has 0 spiro atoms. The number of nitrogens with one attached hydrogen (secondary N) is 1. The number of hydrogen-bond acceptors (Lipinski definition) is 5. The van der Waals surface area contributed by atoms with Crippen LogP contribution < -0.4 is 16.8 Å². The monoisotopic (exact) mass is 422 g/mol. The largest absolute Gasteiger partial charge is 0.363 e. The Kier molecular flexibility index (Phi) is 7.66. The van der Waals surface area contributed by atoms with E-state index < -0.39 is 41.1 Å². The van der Waals surface area contributed by atoms with E-state index in [4.69, 9.17) is 11.5 Å². The van der Waals surface area contributed by atoms with Gasteiger partial charge in [-0.05, 0) is 36.0 Å². The zero-order chi connectivity index (χ0) is 22.8. The molecule has 0 radical (unpaired) electrons. The van der Waals surface area contributed by atoms with Crippen molar-refractivity contribution in [3.63, 3.8) is 0 Å². The number of nitrogens with zero attached hydrogens (tertiary/aromatic N) is 1. The van der Waals surface area contributed by atoms with Crippen LogP contribution in [0.2, 0.25) is 0 Å². The molecule has 0 aromatic carbocycles. The van der Waals surface area contributed by atoms with E-state index in [2.05, 4.69) is 5.32 Å². The van der Waals surface area contributed by atoms with E-state index in [0.717, 1.165) is 19.3 Å². The van der Waals surface area contributed by atoms with Crippen LogP contribution in [0.3, 0.4) is 0 Å². The zero-order valence-corrected chi connectivity index (χ0v) is 18.9. The van der Waals surface area contributed by atoms with Gasteiger partial charge in [0.05, 0.1) is 12.1 Å². The first-order valence-electron chi connectivity index (χ1n) is 11.0. The highest BCUT2D eigenvalue weighted by Gasteiger charge is 2.46. The molecule has 2 rings (SSSR count). The first-order chi connectivity index (χ1) is 13.8. The van der Waals surface area contributed by atoms with Gasteiger partial charge in [-0.1, -0.05) is 53.9 Å². The molecule has 8 nitrogen and oxygen atoms in total. The van der Waals surface area contributed by atoms with E-state index in [9.17, 15) is 19.2 Å². The molecule has 5 N–H and O–H groups in total. The van der Waals surface area contributed by atoms with E-state index in [0.29, 0.717) is 25.3 Å². The number of primary amides is 1. The summed E-state index contributed by atoms with van der Waals surface area (Å²) in [5, 5.41) is 2.76. The predicted molar refractivity (Wildman–Crippen MR) is 114 cm³/mol. The van der Waals surface area contributed by atoms with Gasteiger partial charge < -0.3 is 21.7 Å². The fourth-order valence-electron chi connectivity index (χ4n) is 4.37. The van der Waals surface area contributed by atoms with Crippen LogP contribution in [0.15, 0.2) is 0 Å². The summed E-state index contributed by atoms with van der Waals surface area (Å²) in [5.74, 6) is -2.07. The maximum atomic E-state index is 13.3. The minimum Gasteiger partial charge on any atom is -0.363 e. The summed E-state index contributed by atoms with van der Waals surface area (Å²) in [6.07, 6.45) is 4.13. The quantitative estimate of drug-likeness (QED) is 0.501. The number of nitrogens with two attached hydrogens (primary N) is 2. The van der Waals surface area contributed by atoms with Gasteiger partial charge in [0.1, 0.15) is 6.04 Å². The van der Waals surface area contributed by atoms with Gasteiger partial charge in [0, 0.05) is 6.54 Å². The Hall–Kier alpha value is -1.96. The summed E-state index contributed by atoms with van der Waals surface area (Å²) in [7, 11) is 0. The number of rotatable bonds is 8. The molecule has 0 aromatic rings. The van der Waals surface area contributed by atoms with Crippen molar-refractivity contribution in [2.45, 2.75) is 84.8 Å². The predicted octanol–water partition coefficient (Wildman–Crippen LogP) is 0.962. The van der Waals surface area contributed by atoms with Crippen LogP contribution in [-0.4, -0.2) is 53.1 Å². The number of ketones is 1. The second-order valence-corrected chi connectivity index (χ2v) is 10.3. The molecule has 1 aliphatic carbocycles. The minimum atomic E-state index is -1.05. The SMILES string of the molecule is CC(C)[C@H]1CCN(C(=O)[C@@H](N)C(C)(C)C)[C@@H]1C(=O)NC(CC1CCC1)C(=O)C(N)=O. The maximum absolute atomic E-state index is 13.3. The van der Waals surface area contributed by atoms with Crippen LogP contribution in [0.4, 0.5) is 0 Å². The van der Waals surface area contributed by atoms with Gasteiger partial charge in [0.25, 0.3) is 5.91 Å². The van der Waals surface area contributed by atoms with Crippen molar-refractivity contribution in [1.29, 1.82) is 0 Å². The van der Waals surface area contributed by atoms with Crippen molar-refractivity contribution in [2.24, 2.45) is 34.6 Å². The van der Waals surface area contributed by atoms with E-state index >= 15 is 0 Å². The third-order valence-electron chi connectivity index (χ3n) is 6.72. The third kappa shape index (κ3) is 5.39. The second-order valence-electron chi connectivity index (χ2n) is 10.3. The van der Waals surface area contributed by atoms with Gasteiger partial charge >= 0.3 is 0 Å². The molecule has 2 aliphatic rings. The lowest BCUT2D eigenvalue weighted by Gasteiger charge is -2.35. The van der Waals surface area contributed by atoms with E-state index in [1.807, 2.05) is 34.6 Å². The molecule has 1 aliphatic heterocycles. The van der Waals surface area contributed by atoms with Gasteiger partial charge in [0.2, 0.25) is 17.6 Å². The number of Topliss-reactive ketones (excluding diaryl/α,β-unsaturated/α-hetero) is 1. The maximum Gasteiger partial charge on any atom is 0.287 e. The average molecular weight is 423 g/mol. The van der Waals surface area contributed by atoms with Crippen LogP contribution in [0.25, 0.3) is 0 Å². The number of likely N-dealkylation sites (tertiary alicyclic amines) is 1. The summed E-state index contributed by atoms with van der Waals surface area (Å²) < 4.78 is 0. The summed E-state index contributed by atoms with van der Waals surface area (Å²) in [5.41, 5.74) is 11.0. The van der Waals surface area contributed by atoms with Gasteiger partial charge in [0.15, 0.2) is 0 Å². The average Bonchev–Trinajstić information content (AvgIpc) is 3.06. The molecule has 1 heterocycles. The first-order valence-corrected chi connectivity index (χ1v) is 11.0. The van der Waals surface area contributed by atoms with Crippen molar-refractivity contribution in [3.8, 4) is 0 Å². The molecule has 30 heavy (non-hydrogen) atoms. The summed E-state index contributed by atoms with van der Waals surface area (Å²) >= 11 is 0. The Bertz CT molecular complexity index is 681. The van der Waals surface area contributed by atoms with Crippen molar-refractivity contribution >= 4 is 23.5 Å². The molecule has 0 bridgehead atoms. The second kappa shape index (κ2) is 9.45. The molecular formula is C22H38N4O4. The van der Waals surface area contributed by atoms with Crippen LogP contribution >= 0.6 is 0 Å².